The van der Waals surface area contributed by atoms with E-state index in [1.807, 2.05) is 16.7 Å². The van der Waals surface area contributed by atoms with Crippen LogP contribution in [0.3, 0.4) is 0 Å². The van der Waals surface area contributed by atoms with E-state index in [9.17, 15) is 9.59 Å². The van der Waals surface area contributed by atoms with Crippen LogP contribution in [-0.2, 0) is 22.6 Å². The molecule has 2 fully saturated rings. The molecule has 3 heterocycles. The Kier molecular flexibility index (Phi) is 5.85. The second kappa shape index (κ2) is 8.52. The number of hydrogen-bond acceptors (Lipinski definition) is 4. The molecule has 1 unspecified atom stereocenters. The molecule has 28 heavy (non-hydrogen) atoms. The van der Waals surface area contributed by atoms with E-state index in [2.05, 4.69) is 23.1 Å². The number of ether oxygens (including phenoxy) is 1. The first-order valence-electron chi connectivity index (χ1n) is 10.7. The van der Waals surface area contributed by atoms with Crippen LogP contribution >= 0.6 is 0 Å². The average molecular weight is 386 g/mol. The fourth-order valence-corrected chi connectivity index (χ4v) is 4.61. The fourth-order valence-electron chi connectivity index (χ4n) is 4.61. The third-order valence-electron chi connectivity index (χ3n) is 6.27. The van der Waals surface area contributed by atoms with Crippen molar-refractivity contribution in [2.24, 2.45) is 5.92 Å². The maximum Gasteiger partial charge on any atom is 0.227 e. The lowest BCUT2D eigenvalue weighted by atomic mass is 9.96. The summed E-state index contributed by atoms with van der Waals surface area (Å²) in [4.78, 5) is 31.3. The van der Waals surface area contributed by atoms with Crippen molar-refractivity contribution in [3.63, 3.8) is 0 Å². The molecule has 6 heteroatoms. The van der Waals surface area contributed by atoms with Gasteiger partial charge in [-0.25, -0.2) is 0 Å². The smallest absolute Gasteiger partial charge is 0.227 e. The monoisotopic (exact) mass is 385 g/mol. The summed E-state index contributed by atoms with van der Waals surface area (Å²) in [5.41, 5.74) is 2.64. The fraction of sp³-hybridized carbons (Fsp3) is 0.636. The van der Waals surface area contributed by atoms with Gasteiger partial charge in [-0.2, -0.15) is 0 Å². The van der Waals surface area contributed by atoms with E-state index in [1.165, 1.54) is 11.1 Å². The van der Waals surface area contributed by atoms with E-state index in [4.69, 9.17) is 4.74 Å². The molecule has 0 aromatic heterocycles. The summed E-state index contributed by atoms with van der Waals surface area (Å²) < 4.78 is 5.59. The molecule has 0 spiro atoms. The highest BCUT2D eigenvalue weighted by molar-refractivity contribution is 5.81. The van der Waals surface area contributed by atoms with Gasteiger partial charge in [0.2, 0.25) is 11.8 Å². The molecule has 1 aromatic rings. The highest BCUT2D eigenvalue weighted by Gasteiger charge is 2.32. The summed E-state index contributed by atoms with van der Waals surface area (Å²) in [6.07, 6.45) is 3.37. The lowest BCUT2D eigenvalue weighted by Crippen LogP contribution is -2.52. The van der Waals surface area contributed by atoms with Gasteiger partial charge in [0.15, 0.2) is 0 Å². The lowest BCUT2D eigenvalue weighted by Gasteiger charge is -2.39. The molecule has 152 valence electrons. The maximum absolute atomic E-state index is 13.0. The minimum absolute atomic E-state index is 0.0208. The van der Waals surface area contributed by atoms with E-state index in [0.717, 1.165) is 70.9 Å². The van der Waals surface area contributed by atoms with Gasteiger partial charge in [0, 0.05) is 58.7 Å². The molecule has 2 amide bonds. The van der Waals surface area contributed by atoms with Crippen LogP contribution in [0.1, 0.15) is 37.3 Å². The molecule has 3 aliphatic heterocycles. The van der Waals surface area contributed by atoms with Crippen LogP contribution in [0.5, 0.6) is 5.75 Å². The van der Waals surface area contributed by atoms with Crippen LogP contribution in [-0.4, -0.2) is 72.4 Å². The van der Waals surface area contributed by atoms with E-state index >= 15 is 0 Å². The minimum Gasteiger partial charge on any atom is -0.493 e. The molecular formula is C22H31N3O3. The molecule has 2 saturated heterocycles. The number of carbonyl (C=O) groups excluding carboxylic acids is 2. The van der Waals surface area contributed by atoms with Gasteiger partial charge in [-0.05, 0) is 30.0 Å². The lowest BCUT2D eigenvalue weighted by molar-refractivity contribution is -0.142. The minimum atomic E-state index is -0.0208. The van der Waals surface area contributed by atoms with Gasteiger partial charge in [0.05, 0.1) is 12.5 Å². The van der Waals surface area contributed by atoms with Gasteiger partial charge >= 0.3 is 0 Å². The van der Waals surface area contributed by atoms with Crippen molar-refractivity contribution in [3.8, 4) is 5.75 Å². The van der Waals surface area contributed by atoms with Gasteiger partial charge in [-0.3, -0.25) is 14.5 Å². The molecule has 6 nitrogen and oxygen atoms in total. The summed E-state index contributed by atoms with van der Waals surface area (Å²) in [6.45, 7) is 8.39. The van der Waals surface area contributed by atoms with Gasteiger partial charge in [0.25, 0.3) is 0 Å². The summed E-state index contributed by atoms with van der Waals surface area (Å²) in [5, 5.41) is 0. The topological polar surface area (TPSA) is 53.1 Å². The Balaban J connectivity index is 1.28. The van der Waals surface area contributed by atoms with Crippen LogP contribution in [0.2, 0.25) is 0 Å². The quantitative estimate of drug-likeness (QED) is 0.795. The van der Waals surface area contributed by atoms with Crippen LogP contribution in [0.15, 0.2) is 18.2 Å². The standard InChI is InChI=1S/C22H31N3O3/c1-2-21(26)25-8-3-4-19(16-25)22(27)24-11-9-23(10-12-24)15-17-5-6-20-18(14-17)7-13-28-20/h5-6,14,19H,2-4,7-13,15-16H2,1H3. The zero-order valence-electron chi connectivity index (χ0n) is 16.9. The number of nitrogens with zero attached hydrogens (tertiary/aromatic N) is 3. The number of fused-ring (bicyclic) bond motifs is 1. The third-order valence-corrected chi connectivity index (χ3v) is 6.27. The van der Waals surface area contributed by atoms with E-state index < -0.39 is 0 Å². The first-order valence-corrected chi connectivity index (χ1v) is 10.7. The molecule has 0 radical (unpaired) electrons. The second-order valence-corrected chi connectivity index (χ2v) is 8.17. The number of piperidine rings is 1. The Hall–Kier alpha value is -2.08. The number of rotatable bonds is 4. The number of amides is 2. The summed E-state index contributed by atoms with van der Waals surface area (Å²) in [5.74, 6) is 1.42. The average Bonchev–Trinajstić information content (AvgIpc) is 3.21. The van der Waals surface area contributed by atoms with Crippen molar-refractivity contribution >= 4 is 11.8 Å². The normalized spacial score (nSPS) is 22.7. The molecule has 0 N–H and O–H groups in total. The number of likely N-dealkylation sites (tertiary alicyclic amines) is 1. The summed E-state index contributed by atoms with van der Waals surface area (Å²) >= 11 is 0. The molecule has 0 saturated carbocycles. The van der Waals surface area contributed by atoms with Crippen molar-refractivity contribution in [2.75, 3.05) is 45.9 Å². The third kappa shape index (κ3) is 4.17. The van der Waals surface area contributed by atoms with Gasteiger partial charge in [0.1, 0.15) is 5.75 Å². The number of hydrogen-bond donors (Lipinski definition) is 0. The SMILES string of the molecule is CCC(=O)N1CCCC(C(=O)N2CCN(Cc3ccc4c(c3)CCO4)CC2)C1. The van der Waals surface area contributed by atoms with Crippen LogP contribution in [0.25, 0.3) is 0 Å². The van der Waals surface area contributed by atoms with Gasteiger partial charge in [-0.15, -0.1) is 0 Å². The molecular weight excluding hydrogens is 354 g/mol. The highest BCUT2D eigenvalue weighted by atomic mass is 16.5. The van der Waals surface area contributed by atoms with Crippen molar-refractivity contribution in [3.05, 3.63) is 29.3 Å². The number of piperazine rings is 1. The Morgan fingerprint density at radius 3 is 2.71 bits per heavy atom. The predicted molar refractivity (Wildman–Crippen MR) is 107 cm³/mol. The Morgan fingerprint density at radius 2 is 1.93 bits per heavy atom. The van der Waals surface area contributed by atoms with Crippen LogP contribution in [0, 0.1) is 5.92 Å². The van der Waals surface area contributed by atoms with E-state index in [0.29, 0.717) is 13.0 Å². The first-order chi connectivity index (χ1) is 13.6. The number of carbonyl (C=O) groups is 2. The van der Waals surface area contributed by atoms with Crippen molar-refractivity contribution in [2.45, 2.75) is 39.2 Å². The predicted octanol–water partition coefficient (Wildman–Crippen LogP) is 1.91. The summed E-state index contributed by atoms with van der Waals surface area (Å²) in [7, 11) is 0. The highest BCUT2D eigenvalue weighted by Crippen LogP contribution is 2.26. The first kappa shape index (κ1) is 19.2. The molecule has 1 aromatic carbocycles. The molecule has 0 bridgehead atoms. The molecule has 0 aliphatic carbocycles. The van der Waals surface area contributed by atoms with Crippen molar-refractivity contribution < 1.29 is 14.3 Å². The van der Waals surface area contributed by atoms with Gasteiger partial charge < -0.3 is 14.5 Å². The molecule has 4 rings (SSSR count). The molecule has 3 aliphatic rings. The van der Waals surface area contributed by atoms with Crippen LogP contribution in [0.4, 0.5) is 0 Å². The summed E-state index contributed by atoms with van der Waals surface area (Å²) in [6, 6.07) is 6.51. The zero-order chi connectivity index (χ0) is 19.5. The zero-order valence-corrected chi connectivity index (χ0v) is 16.9. The van der Waals surface area contributed by atoms with Crippen molar-refractivity contribution in [1.82, 2.24) is 14.7 Å². The van der Waals surface area contributed by atoms with E-state index in [1.54, 1.807) is 0 Å². The van der Waals surface area contributed by atoms with Gasteiger partial charge in [-0.1, -0.05) is 19.1 Å². The number of benzene rings is 1. The largest absolute Gasteiger partial charge is 0.493 e. The second-order valence-electron chi connectivity index (χ2n) is 8.17. The van der Waals surface area contributed by atoms with Crippen LogP contribution < -0.4 is 4.74 Å². The maximum atomic E-state index is 13.0. The Labute approximate surface area is 167 Å². The van der Waals surface area contributed by atoms with E-state index in [-0.39, 0.29) is 17.7 Å². The molecule has 1 atom stereocenters. The van der Waals surface area contributed by atoms with Crippen molar-refractivity contribution in [1.29, 1.82) is 0 Å². The Morgan fingerprint density at radius 1 is 1.11 bits per heavy atom. The Bertz CT molecular complexity index is 728.